The molecular formula is C18H23NO4S. The molecule has 1 aromatic heterocycles. The smallest absolute Gasteiger partial charge is 0.311 e. The summed E-state index contributed by atoms with van der Waals surface area (Å²) in [5, 5.41) is 9.58. The maximum Gasteiger partial charge on any atom is 0.311 e. The number of carboxylic acid groups (broad SMARTS) is 1. The van der Waals surface area contributed by atoms with E-state index in [1.807, 2.05) is 19.9 Å². The van der Waals surface area contributed by atoms with E-state index in [2.05, 4.69) is 0 Å². The van der Waals surface area contributed by atoms with E-state index in [0.29, 0.717) is 25.1 Å². The van der Waals surface area contributed by atoms with Crippen LogP contribution < -0.4 is 0 Å². The number of ketones is 1. The molecule has 1 saturated carbocycles. The predicted octanol–water partition coefficient (Wildman–Crippen LogP) is 3.04. The van der Waals surface area contributed by atoms with Gasteiger partial charge in [0, 0.05) is 41.2 Å². The number of carboxylic acids is 1. The topological polar surface area (TPSA) is 74.7 Å². The van der Waals surface area contributed by atoms with Gasteiger partial charge in [0.25, 0.3) is 0 Å². The molecule has 1 aliphatic heterocycles. The van der Waals surface area contributed by atoms with Gasteiger partial charge in [-0.2, -0.15) is 0 Å². The third kappa shape index (κ3) is 2.88. The third-order valence-electron chi connectivity index (χ3n) is 5.56. The lowest BCUT2D eigenvalue weighted by Crippen LogP contribution is -2.37. The molecular weight excluding hydrogens is 326 g/mol. The van der Waals surface area contributed by atoms with Crippen LogP contribution in [0.5, 0.6) is 0 Å². The Bertz CT molecular complexity index is 695. The number of carbonyl (C=O) groups excluding carboxylic acids is 2. The van der Waals surface area contributed by atoms with Crippen LogP contribution in [-0.4, -0.2) is 40.8 Å². The summed E-state index contributed by atoms with van der Waals surface area (Å²) in [5.74, 6) is -0.808. The van der Waals surface area contributed by atoms with Crippen molar-refractivity contribution < 1.29 is 19.5 Å². The van der Waals surface area contributed by atoms with E-state index in [1.54, 1.807) is 16.2 Å². The van der Waals surface area contributed by atoms with Crippen LogP contribution >= 0.6 is 11.3 Å². The number of hydrogen-bond acceptors (Lipinski definition) is 4. The number of hydrogen-bond donors (Lipinski definition) is 1. The Morgan fingerprint density at radius 2 is 2.08 bits per heavy atom. The summed E-state index contributed by atoms with van der Waals surface area (Å²) in [6.45, 7) is 4.71. The first-order valence-electron chi connectivity index (χ1n) is 8.45. The first-order chi connectivity index (χ1) is 11.3. The number of thiophene rings is 1. The van der Waals surface area contributed by atoms with E-state index in [-0.39, 0.29) is 30.4 Å². The highest BCUT2D eigenvalue weighted by Crippen LogP contribution is 2.49. The number of nitrogens with zero attached hydrogens (tertiary/aromatic N) is 1. The zero-order valence-corrected chi connectivity index (χ0v) is 14.9. The fourth-order valence-electron chi connectivity index (χ4n) is 4.25. The monoisotopic (exact) mass is 349 g/mol. The second-order valence-corrected chi connectivity index (χ2v) is 8.54. The highest BCUT2D eigenvalue weighted by atomic mass is 32.1. The van der Waals surface area contributed by atoms with Crippen LogP contribution in [0.2, 0.25) is 0 Å². The van der Waals surface area contributed by atoms with Crippen LogP contribution in [0, 0.1) is 25.2 Å². The van der Waals surface area contributed by atoms with Crippen LogP contribution in [0.3, 0.4) is 0 Å². The molecule has 130 valence electrons. The lowest BCUT2D eigenvalue weighted by atomic mass is 9.81. The lowest BCUT2D eigenvalue weighted by Gasteiger charge is -2.23. The summed E-state index contributed by atoms with van der Waals surface area (Å²) in [6.07, 6.45) is 2.81. The fourth-order valence-corrected chi connectivity index (χ4v) is 5.19. The van der Waals surface area contributed by atoms with E-state index < -0.39 is 11.4 Å². The van der Waals surface area contributed by atoms with Crippen molar-refractivity contribution >= 4 is 29.0 Å². The molecule has 0 bridgehead atoms. The van der Waals surface area contributed by atoms with Gasteiger partial charge < -0.3 is 10.0 Å². The minimum atomic E-state index is -0.777. The van der Waals surface area contributed by atoms with Gasteiger partial charge in [-0.1, -0.05) is 6.42 Å². The lowest BCUT2D eigenvalue weighted by molar-refractivity contribution is -0.149. The molecule has 1 amide bonds. The van der Waals surface area contributed by atoms with E-state index in [1.165, 1.54) is 0 Å². The number of aliphatic carboxylic acids is 1. The van der Waals surface area contributed by atoms with Gasteiger partial charge in [-0.15, -0.1) is 11.3 Å². The molecule has 2 atom stereocenters. The SMILES string of the molecule is Cc1cc(C(=O)CCC(=O)N2C[C@@H]3CCC[C@@]3(C(=O)O)C2)c(C)s1. The quantitative estimate of drug-likeness (QED) is 0.829. The molecule has 1 aliphatic carbocycles. The highest BCUT2D eigenvalue weighted by molar-refractivity contribution is 7.12. The van der Waals surface area contributed by atoms with Gasteiger partial charge in [-0.25, -0.2) is 0 Å². The van der Waals surface area contributed by atoms with Gasteiger partial charge in [0.1, 0.15) is 0 Å². The van der Waals surface area contributed by atoms with Crippen molar-refractivity contribution in [3.63, 3.8) is 0 Å². The number of carbonyl (C=O) groups is 3. The average molecular weight is 349 g/mol. The van der Waals surface area contributed by atoms with E-state index >= 15 is 0 Å². The molecule has 1 saturated heterocycles. The molecule has 24 heavy (non-hydrogen) atoms. The van der Waals surface area contributed by atoms with Gasteiger partial charge in [0.15, 0.2) is 5.78 Å². The Morgan fingerprint density at radius 3 is 2.67 bits per heavy atom. The molecule has 6 heteroatoms. The van der Waals surface area contributed by atoms with Gasteiger partial charge >= 0.3 is 5.97 Å². The van der Waals surface area contributed by atoms with Crippen molar-refractivity contribution in [2.24, 2.45) is 11.3 Å². The molecule has 3 rings (SSSR count). The molecule has 0 unspecified atom stereocenters. The van der Waals surface area contributed by atoms with Gasteiger partial charge in [0.05, 0.1) is 5.41 Å². The molecule has 1 N–H and O–H groups in total. The average Bonchev–Trinajstić information content (AvgIpc) is 3.16. The first-order valence-corrected chi connectivity index (χ1v) is 9.26. The normalized spacial score (nSPS) is 25.8. The van der Waals surface area contributed by atoms with Crippen LogP contribution in [0.4, 0.5) is 0 Å². The van der Waals surface area contributed by atoms with Crippen LogP contribution in [0.15, 0.2) is 6.07 Å². The van der Waals surface area contributed by atoms with E-state index in [9.17, 15) is 19.5 Å². The number of amides is 1. The van der Waals surface area contributed by atoms with Crippen molar-refractivity contribution in [3.8, 4) is 0 Å². The minimum Gasteiger partial charge on any atom is -0.481 e. The molecule has 2 heterocycles. The van der Waals surface area contributed by atoms with Crippen LogP contribution in [0.25, 0.3) is 0 Å². The maximum absolute atomic E-state index is 12.5. The summed E-state index contributed by atoms with van der Waals surface area (Å²) in [5.41, 5.74) is -0.0358. The van der Waals surface area contributed by atoms with Gasteiger partial charge in [-0.05, 0) is 38.7 Å². The van der Waals surface area contributed by atoms with Gasteiger partial charge in [-0.3, -0.25) is 14.4 Å². The Labute approximate surface area is 145 Å². The number of rotatable bonds is 5. The molecule has 2 aliphatic rings. The zero-order chi connectivity index (χ0) is 17.5. The molecule has 2 fully saturated rings. The van der Waals surface area contributed by atoms with Crippen LogP contribution in [0.1, 0.15) is 52.2 Å². The standard InChI is InChI=1S/C18H23NO4S/c1-11-8-14(12(2)24-11)15(20)5-6-16(21)19-9-13-4-3-7-18(13,10-19)17(22)23/h8,13H,3-7,9-10H2,1-2H3,(H,22,23)/t13-,18+/m0/s1. The Kier molecular flexibility index (Phi) is 4.51. The largest absolute Gasteiger partial charge is 0.481 e. The Hall–Kier alpha value is -1.69. The summed E-state index contributed by atoms with van der Waals surface area (Å²) in [6, 6.07) is 1.88. The molecule has 5 nitrogen and oxygen atoms in total. The maximum atomic E-state index is 12.5. The van der Waals surface area contributed by atoms with Crippen molar-refractivity contribution in [3.05, 3.63) is 21.4 Å². The fraction of sp³-hybridized carbons (Fsp3) is 0.611. The highest BCUT2D eigenvalue weighted by Gasteiger charge is 2.55. The minimum absolute atomic E-state index is 0.00228. The summed E-state index contributed by atoms with van der Waals surface area (Å²) >= 11 is 1.59. The van der Waals surface area contributed by atoms with Crippen molar-refractivity contribution in [2.75, 3.05) is 13.1 Å². The van der Waals surface area contributed by atoms with Crippen molar-refractivity contribution in [1.82, 2.24) is 4.90 Å². The number of likely N-dealkylation sites (tertiary alicyclic amines) is 1. The molecule has 1 aromatic rings. The Balaban J connectivity index is 1.59. The third-order valence-corrected chi connectivity index (χ3v) is 6.52. The van der Waals surface area contributed by atoms with Gasteiger partial charge in [0.2, 0.25) is 5.91 Å². The zero-order valence-electron chi connectivity index (χ0n) is 14.1. The Morgan fingerprint density at radius 1 is 1.33 bits per heavy atom. The van der Waals surface area contributed by atoms with E-state index in [4.69, 9.17) is 0 Å². The predicted molar refractivity (Wildman–Crippen MR) is 91.3 cm³/mol. The molecule has 0 aromatic carbocycles. The molecule has 0 radical (unpaired) electrons. The summed E-state index contributed by atoms with van der Waals surface area (Å²) < 4.78 is 0. The second kappa shape index (κ2) is 6.31. The van der Waals surface area contributed by atoms with E-state index in [0.717, 1.165) is 22.6 Å². The van der Waals surface area contributed by atoms with Crippen molar-refractivity contribution in [1.29, 1.82) is 0 Å². The summed E-state index contributed by atoms with van der Waals surface area (Å²) in [4.78, 5) is 40.2. The van der Waals surface area contributed by atoms with Crippen LogP contribution in [-0.2, 0) is 9.59 Å². The number of aryl methyl sites for hydroxylation is 2. The second-order valence-electron chi connectivity index (χ2n) is 7.07. The summed E-state index contributed by atoms with van der Waals surface area (Å²) in [7, 11) is 0. The van der Waals surface area contributed by atoms with Crippen molar-refractivity contribution in [2.45, 2.75) is 46.0 Å². The number of fused-ring (bicyclic) bond motifs is 1. The molecule has 0 spiro atoms. The number of Topliss-reactive ketones (excluding diaryl/α,β-unsaturated/α-hetero) is 1. The first kappa shape index (κ1) is 17.1.